The number of hydrogen-bond acceptors (Lipinski definition) is 2. The van der Waals surface area contributed by atoms with Crippen LogP contribution in [0, 0.1) is 11.7 Å². The Morgan fingerprint density at radius 2 is 2.12 bits per heavy atom. The van der Waals surface area contributed by atoms with E-state index < -0.39 is 0 Å². The average Bonchev–Trinajstić information content (AvgIpc) is 2.22. The van der Waals surface area contributed by atoms with E-state index in [-0.39, 0.29) is 11.9 Å². The van der Waals surface area contributed by atoms with Gasteiger partial charge in [0.25, 0.3) is 0 Å². The number of aliphatic hydroxyl groups excluding tert-OH is 1. The van der Waals surface area contributed by atoms with E-state index in [1.807, 2.05) is 6.07 Å². The number of benzene rings is 1. The van der Waals surface area contributed by atoms with E-state index in [4.69, 9.17) is 0 Å². The first kappa shape index (κ1) is 14.6. The Morgan fingerprint density at radius 1 is 1.41 bits per heavy atom. The summed E-state index contributed by atoms with van der Waals surface area (Å²) in [5.41, 5.74) is 0.877. The molecule has 0 aliphatic rings. The summed E-state index contributed by atoms with van der Waals surface area (Å²) in [6, 6.07) is 5.04. The third-order valence-electron chi connectivity index (χ3n) is 2.44. The number of rotatable bonds is 6. The van der Waals surface area contributed by atoms with Crippen LogP contribution < -0.4 is 5.32 Å². The molecule has 4 heteroatoms. The molecule has 2 N–H and O–H groups in total. The van der Waals surface area contributed by atoms with Gasteiger partial charge in [0.15, 0.2) is 0 Å². The van der Waals surface area contributed by atoms with Gasteiger partial charge in [-0.05, 0) is 46.0 Å². The number of aliphatic hydroxyl groups is 1. The highest BCUT2D eigenvalue weighted by Crippen LogP contribution is 2.16. The van der Waals surface area contributed by atoms with Crippen LogP contribution in [-0.2, 0) is 6.54 Å². The molecule has 0 radical (unpaired) electrons. The van der Waals surface area contributed by atoms with Crippen molar-refractivity contribution in [1.82, 2.24) is 5.32 Å². The topological polar surface area (TPSA) is 32.3 Å². The summed E-state index contributed by atoms with van der Waals surface area (Å²) in [5.74, 6) is 0.226. The van der Waals surface area contributed by atoms with Gasteiger partial charge in [-0.15, -0.1) is 0 Å². The van der Waals surface area contributed by atoms with Gasteiger partial charge in [0.05, 0.1) is 10.6 Å². The lowest BCUT2D eigenvalue weighted by atomic mass is 10.1. The summed E-state index contributed by atoms with van der Waals surface area (Å²) in [6.45, 7) is 5.26. The SMILES string of the molecule is CC(C)CC(O)CNCc1ccc(Br)c(F)c1. The first-order valence-corrected chi connectivity index (χ1v) is 6.61. The van der Waals surface area contributed by atoms with Gasteiger partial charge in [0.2, 0.25) is 0 Å². The van der Waals surface area contributed by atoms with Gasteiger partial charge in [-0.3, -0.25) is 0 Å². The van der Waals surface area contributed by atoms with E-state index in [9.17, 15) is 9.50 Å². The molecule has 0 fully saturated rings. The molecule has 1 atom stereocenters. The van der Waals surface area contributed by atoms with E-state index >= 15 is 0 Å². The maximum Gasteiger partial charge on any atom is 0.137 e. The first-order valence-electron chi connectivity index (χ1n) is 5.81. The standard InChI is InChI=1S/C13H19BrFNO/c1-9(2)5-11(17)8-16-7-10-3-4-12(14)13(15)6-10/h3-4,6,9,11,16-17H,5,7-8H2,1-2H3. The second-order valence-corrected chi connectivity index (χ2v) is 5.52. The van der Waals surface area contributed by atoms with Gasteiger partial charge in [0.1, 0.15) is 5.82 Å². The number of hydrogen-bond donors (Lipinski definition) is 2. The van der Waals surface area contributed by atoms with E-state index in [2.05, 4.69) is 35.1 Å². The van der Waals surface area contributed by atoms with Crippen LogP contribution in [0.3, 0.4) is 0 Å². The Labute approximate surface area is 110 Å². The van der Waals surface area contributed by atoms with Crippen molar-refractivity contribution in [2.24, 2.45) is 5.92 Å². The summed E-state index contributed by atoms with van der Waals surface area (Å²) >= 11 is 3.11. The highest BCUT2D eigenvalue weighted by Gasteiger charge is 2.06. The lowest BCUT2D eigenvalue weighted by Crippen LogP contribution is -2.27. The minimum Gasteiger partial charge on any atom is -0.392 e. The van der Waals surface area contributed by atoms with Crippen molar-refractivity contribution in [2.75, 3.05) is 6.54 Å². The molecular weight excluding hydrogens is 285 g/mol. The summed E-state index contributed by atoms with van der Waals surface area (Å²) in [5, 5.41) is 12.8. The summed E-state index contributed by atoms with van der Waals surface area (Å²) in [7, 11) is 0. The Hall–Kier alpha value is -0.450. The molecule has 1 aromatic carbocycles. The Balaban J connectivity index is 2.33. The van der Waals surface area contributed by atoms with Gasteiger partial charge in [-0.25, -0.2) is 4.39 Å². The largest absolute Gasteiger partial charge is 0.392 e. The molecule has 0 aliphatic carbocycles. The molecule has 1 unspecified atom stereocenters. The predicted octanol–water partition coefficient (Wildman–Crippen LogP) is 3.08. The third-order valence-corrected chi connectivity index (χ3v) is 3.08. The zero-order valence-corrected chi connectivity index (χ0v) is 11.8. The Bertz CT molecular complexity index is 357. The Kier molecular flexibility index (Phi) is 6.09. The van der Waals surface area contributed by atoms with Crippen molar-refractivity contribution in [3.63, 3.8) is 0 Å². The molecule has 0 spiro atoms. The molecule has 2 nitrogen and oxygen atoms in total. The third kappa shape index (κ3) is 5.61. The van der Waals surface area contributed by atoms with Crippen molar-refractivity contribution < 1.29 is 9.50 Å². The van der Waals surface area contributed by atoms with Gasteiger partial charge in [-0.2, -0.15) is 0 Å². The molecule has 0 bridgehead atoms. The second kappa shape index (κ2) is 7.09. The van der Waals surface area contributed by atoms with E-state index in [0.717, 1.165) is 12.0 Å². The van der Waals surface area contributed by atoms with Crippen LogP contribution in [0.2, 0.25) is 0 Å². The molecule has 17 heavy (non-hydrogen) atoms. The molecule has 1 aromatic rings. The normalized spacial score (nSPS) is 13.1. The second-order valence-electron chi connectivity index (χ2n) is 4.66. The number of halogens is 2. The average molecular weight is 304 g/mol. The minimum absolute atomic E-state index is 0.257. The van der Waals surface area contributed by atoms with Crippen molar-refractivity contribution in [3.05, 3.63) is 34.1 Å². The lowest BCUT2D eigenvalue weighted by molar-refractivity contribution is 0.146. The van der Waals surface area contributed by atoms with E-state index in [1.165, 1.54) is 6.07 Å². The maximum absolute atomic E-state index is 13.2. The minimum atomic E-state index is -0.338. The van der Waals surface area contributed by atoms with Gasteiger partial charge in [-0.1, -0.05) is 19.9 Å². The van der Waals surface area contributed by atoms with Crippen molar-refractivity contribution in [2.45, 2.75) is 32.9 Å². The summed E-state index contributed by atoms with van der Waals surface area (Å²) < 4.78 is 13.7. The van der Waals surface area contributed by atoms with Crippen molar-refractivity contribution >= 4 is 15.9 Å². The van der Waals surface area contributed by atoms with Crippen LogP contribution in [0.5, 0.6) is 0 Å². The van der Waals surface area contributed by atoms with Gasteiger partial charge in [0, 0.05) is 13.1 Å². The van der Waals surface area contributed by atoms with E-state index in [0.29, 0.717) is 23.5 Å². The zero-order valence-electron chi connectivity index (χ0n) is 10.2. The monoisotopic (exact) mass is 303 g/mol. The molecule has 96 valence electrons. The highest BCUT2D eigenvalue weighted by molar-refractivity contribution is 9.10. The highest BCUT2D eigenvalue weighted by atomic mass is 79.9. The molecule has 0 amide bonds. The smallest absolute Gasteiger partial charge is 0.137 e. The fourth-order valence-corrected chi connectivity index (χ4v) is 1.91. The molecule has 0 aliphatic heterocycles. The van der Waals surface area contributed by atoms with Crippen LogP contribution in [0.15, 0.2) is 22.7 Å². The van der Waals surface area contributed by atoms with Crippen molar-refractivity contribution in [1.29, 1.82) is 0 Å². The summed E-state index contributed by atoms with van der Waals surface area (Å²) in [4.78, 5) is 0. The van der Waals surface area contributed by atoms with Crippen LogP contribution in [0.1, 0.15) is 25.8 Å². The molecule has 1 rings (SSSR count). The molecule has 0 heterocycles. The first-order chi connectivity index (χ1) is 7.99. The molecule has 0 saturated heterocycles. The van der Waals surface area contributed by atoms with Crippen molar-refractivity contribution in [3.8, 4) is 0 Å². The predicted molar refractivity (Wildman–Crippen MR) is 71.3 cm³/mol. The summed E-state index contributed by atoms with van der Waals surface area (Å²) in [6.07, 6.45) is 0.442. The molecular formula is C13H19BrFNO. The number of nitrogens with one attached hydrogen (secondary N) is 1. The quantitative estimate of drug-likeness (QED) is 0.846. The van der Waals surface area contributed by atoms with Crippen LogP contribution in [0.25, 0.3) is 0 Å². The molecule has 0 aromatic heterocycles. The van der Waals surface area contributed by atoms with Crippen LogP contribution in [-0.4, -0.2) is 17.8 Å². The van der Waals surface area contributed by atoms with Gasteiger partial charge < -0.3 is 10.4 Å². The van der Waals surface area contributed by atoms with Gasteiger partial charge >= 0.3 is 0 Å². The Morgan fingerprint density at radius 3 is 2.71 bits per heavy atom. The maximum atomic E-state index is 13.2. The van der Waals surface area contributed by atoms with Crippen LogP contribution in [0.4, 0.5) is 4.39 Å². The van der Waals surface area contributed by atoms with E-state index in [1.54, 1.807) is 6.07 Å². The fourth-order valence-electron chi connectivity index (χ4n) is 1.66. The molecule has 0 saturated carbocycles. The van der Waals surface area contributed by atoms with Crippen LogP contribution >= 0.6 is 15.9 Å². The fraction of sp³-hybridized carbons (Fsp3) is 0.538. The zero-order chi connectivity index (χ0) is 12.8. The lowest BCUT2D eigenvalue weighted by Gasteiger charge is -2.13.